The van der Waals surface area contributed by atoms with Crippen LogP contribution < -0.4 is 0 Å². The zero-order valence-corrected chi connectivity index (χ0v) is 9.68. The quantitative estimate of drug-likeness (QED) is 0.850. The number of pyridine rings is 1. The maximum atomic E-state index is 12.2. The van der Waals surface area contributed by atoms with Crippen LogP contribution in [0.15, 0.2) is 23.4 Å². The van der Waals surface area contributed by atoms with Gasteiger partial charge in [-0.1, -0.05) is 6.92 Å². The number of alkyl halides is 3. The summed E-state index contributed by atoms with van der Waals surface area (Å²) in [5.41, 5.74) is -0.812. The highest BCUT2D eigenvalue weighted by Crippen LogP contribution is 2.29. The van der Waals surface area contributed by atoms with E-state index in [4.69, 9.17) is 5.11 Å². The largest absolute Gasteiger partial charge is 0.481 e. The van der Waals surface area contributed by atoms with E-state index in [-0.39, 0.29) is 5.75 Å². The third kappa shape index (κ3) is 4.26. The molecule has 1 aromatic rings. The van der Waals surface area contributed by atoms with Crippen LogP contribution in [0.5, 0.6) is 0 Å². The fraction of sp³-hybridized carbons (Fsp3) is 0.400. The lowest BCUT2D eigenvalue weighted by Gasteiger charge is -2.07. The van der Waals surface area contributed by atoms with Crippen LogP contribution >= 0.6 is 11.8 Å². The summed E-state index contributed by atoms with van der Waals surface area (Å²) in [6, 6.07) is 2.17. The van der Waals surface area contributed by atoms with Gasteiger partial charge < -0.3 is 5.11 Å². The molecule has 1 rings (SSSR count). The van der Waals surface area contributed by atoms with E-state index in [0.29, 0.717) is 5.03 Å². The van der Waals surface area contributed by atoms with E-state index >= 15 is 0 Å². The average Bonchev–Trinajstić information content (AvgIpc) is 2.25. The van der Waals surface area contributed by atoms with Gasteiger partial charge >= 0.3 is 12.1 Å². The number of carbonyl (C=O) groups is 1. The van der Waals surface area contributed by atoms with E-state index in [0.717, 1.165) is 24.0 Å². The summed E-state index contributed by atoms with van der Waals surface area (Å²) in [6.45, 7) is 1.53. The molecular weight excluding hydrogens is 255 g/mol. The minimum atomic E-state index is -4.40. The normalized spacial score (nSPS) is 13.4. The van der Waals surface area contributed by atoms with Gasteiger partial charge in [-0.2, -0.15) is 13.2 Å². The van der Waals surface area contributed by atoms with E-state index in [1.807, 2.05) is 0 Å². The first-order valence-corrected chi connectivity index (χ1v) is 5.68. The Balaban J connectivity index is 2.60. The van der Waals surface area contributed by atoms with Crippen molar-refractivity contribution in [1.82, 2.24) is 4.98 Å². The highest BCUT2D eigenvalue weighted by atomic mass is 32.2. The molecule has 94 valence electrons. The predicted molar refractivity (Wildman–Crippen MR) is 56.8 cm³/mol. The van der Waals surface area contributed by atoms with Gasteiger partial charge in [-0.05, 0) is 12.1 Å². The van der Waals surface area contributed by atoms with Gasteiger partial charge in [-0.3, -0.25) is 4.79 Å². The van der Waals surface area contributed by atoms with Crippen molar-refractivity contribution in [2.24, 2.45) is 5.92 Å². The highest BCUT2D eigenvalue weighted by molar-refractivity contribution is 7.99. The van der Waals surface area contributed by atoms with Gasteiger partial charge in [0, 0.05) is 11.9 Å². The van der Waals surface area contributed by atoms with Crippen LogP contribution in [0.1, 0.15) is 12.5 Å². The second kappa shape index (κ2) is 5.39. The van der Waals surface area contributed by atoms with Crippen molar-refractivity contribution in [3.8, 4) is 0 Å². The fourth-order valence-electron chi connectivity index (χ4n) is 0.915. The number of aromatic nitrogens is 1. The highest BCUT2D eigenvalue weighted by Gasteiger charge is 2.30. The van der Waals surface area contributed by atoms with Crippen LogP contribution in [0.25, 0.3) is 0 Å². The van der Waals surface area contributed by atoms with E-state index < -0.39 is 23.6 Å². The number of thioether (sulfide) groups is 1. The topological polar surface area (TPSA) is 50.2 Å². The van der Waals surface area contributed by atoms with Crippen LogP contribution in [0.2, 0.25) is 0 Å². The molecule has 0 fully saturated rings. The molecule has 1 atom stereocenters. The molecule has 1 unspecified atom stereocenters. The second-order valence-corrected chi connectivity index (χ2v) is 4.47. The molecule has 0 saturated carbocycles. The Kier molecular flexibility index (Phi) is 4.39. The average molecular weight is 265 g/mol. The molecule has 7 heteroatoms. The van der Waals surface area contributed by atoms with E-state index in [1.165, 1.54) is 13.0 Å². The number of aliphatic carboxylic acids is 1. The van der Waals surface area contributed by atoms with Crippen molar-refractivity contribution in [3.63, 3.8) is 0 Å². The van der Waals surface area contributed by atoms with Crippen molar-refractivity contribution in [1.29, 1.82) is 0 Å². The van der Waals surface area contributed by atoms with Gasteiger partial charge in [0.15, 0.2) is 0 Å². The molecule has 3 nitrogen and oxygen atoms in total. The minimum Gasteiger partial charge on any atom is -0.481 e. The molecule has 0 aliphatic carbocycles. The monoisotopic (exact) mass is 265 g/mol. The number of hydrogen-bond donors (Lipinski definition) is 1. The van der Waals surface area contributed by atoms with Crippen LogP contribution in [-0.4, -0.2) is 21.8 Å². The van der Waals surface area contributed by atoms with Crippen LogP contribution in [0.4, 0.5) is 13.2 Å². The third-order valence-electron chi connectivity index (χ3n) is 1.97. The van der Waals surface area contributed by atoms with E-state index in [2.05, 4.69) is 4.98 Å². The van der Waals surface area contributed by atoms with E-state index in [9.17, 15) is 18.0 Å². The smallest absolute Gasteiger partial charge is 0.417 e. The standard InChI is InChI=1S/C10H10F3NO2S/c1-6(9(15)16)5-17-8-3-2-7(4-14-8)10(11,12)13/h2-4,6H,5H2,1H3,(H,15,16). The molecule has 1 heterocycles. The summed E-state index contributed by atoms with van der Waals surface area (Å²) >= 11 is 1.12. The zero-order valence-electron chi connectivity index (χ0n) is 8.86. The van der Waals surface area contributed by atoms with Crippen LogP contribution in [0.3, 0.4) is 0 Å². The first-order chi connectivity index (χ1) is 7.80. The van der Waals surface area contributed by atoms with Crippen molar-refractivity contribution < 1.29 is 23.1 Å². The number of carboxylic acid groups (broad SMARTS) is 1. The molecule has 0 spiro atoms. The summed E-state index contributed by atoms with van der Waals surface area (Å²) in [6.07, 6.45) is -3.65. The Morgan fingerprint density at radius 2 is 2.18 bits per heavy atom. The van der Waals surface area contributed by atoms with Crippen LogP contribution in [-0.2, 0) is 11.0 Å². The fourth-order valence-corrected chi connectivity index (χ4v) is 1.77. The molecule has 0 aromatic carbocycles. The Morgan fingerprint density at radius 1 is 1.53 bits per heavy atom. The summed E-state index contributed by atoms with van der Waals surface area (Å²) in [4.78, 5) is 14.2. The van der Waals surface area contributed by atoms with Gasteiger partial charge in [0.25, 0.3) is 0 Å². The molecule has 0 bridgehead atoms. The Bertz CT molecular complexity index is 392. The lowest BCUT2D eigenvalue weighted by atomic mass is 10.2. The molecule has 1 N–H and O–H groups in total. The summed E-state index contributed by atoms with van der Waals surface area (Å²) in [7, 11) is 0. The molecule has 17 heavy (non-hydrogen) atoms. The molecule has 0 radical (unpaired) electrons. The summed E-state index contributed by atoms with van der Waals surface area (Å²) in [5, 5.41) is 9.01. The third-order valence-corrected chi connectivity index (χ3v) is 3.17. The van der Waals surface area contributed by atoms with Gasteiger partial charge in [-0.25, -0.2) is 4.98 Å². The van der Waals surface area contributed by atoms with E-state index in [1.54, 1.807) is 0 Å². The Morgan fingerprint density at radius 3 is 2.59 bits per heavy atom. The van der Waals surface area contributed by atoms with Crippen molar-refractivity contribution in [2.45, 2.75) is 18.1 Å². The number of halogens is 3. The predicted octanol–water partition coefficient (Wildman–Crippen LogP) is 2.91. The molecule has 0 aliphatic heterocycles. The van der Waals surface area contributed by atoms with Gasteiger partial charge in [0.1, 0.15) is 0 Å². The number of carboxylic acids is 1. The molecule has 1 aromatic heterocycles. The molecule has 0 amide bonds. The zero-order chi connectivity index (χ0) is 13.1. The van der Waals surface area contributed by atoms with Crippen molar-refractivity contribution >= 4 is 17.7 Å². The van der Waals surface area contributed by atoms with Gasteiger partial charge in [-0.15, -0.1) is 11.8 Å². The lowest BCUT2D eigenvalue weighted by molar-refractivity contribution is -0.140. The number of nitrogens with zero attached hydrogens (tertiary/aromatic N) is 1. The number of rotatable bonds is 4. The minimum absolute atomic E-state index is 0.272. The van der Waals surface area contributed by atoms with Crippen molar-refractivity contribution in [2.75, 3.05) is 5.75 Å². The molecular formula is C10H10F3NO2S. The summed E-state index contributed by atoms with van der Waals surface area (Å²) < 4.78 is 36.6. The Labute approximate surface area is 100 Å². The van der Waals surface area contributed by atoms with Crippen LogP contribution in [0, 0.1) is 5.92 Å². The van der Waals surface area contributed by atoms with Gasteiger partial charge in [0.05, 0.1) is 16.5 Å². The maximum Gasteiger partial charge on any atom is 0.417 e. The first kappa shape index (κ1) is 13.8. The lowest BCUT2D eigenvalue weighted by Crippen LogP contribution is -2.11. The van der Waals surface area contributed by atoms with Gasteiger partial charge in [0.2, 0.25) is 0 Å². The molecule has 0 saturated heterocycles. The molecule has 0 aliphatic rings. The summed E-state index contributed by atoms with van der Waals surface area (Å²) in [5.74, 6) is -1.23. The SMILES string of the molecule is CC(CSc1ccc(C(F)(F)F)cn1)C(=O)O. The number of hydrogen-bond acceptors (Lipinski definition) is 3. The first-order valence-electron chi connectivity index (χ1n) is 4.69. The Hall–Kier alpha value is -1.24. The maximum absolute atomic E-state index is 12.2. The second-order valence-electron chi connectivity index (χ2n) is 3.43. The van der Waals surface area contributed by atoms with Crippen molar-refractivity contribution in [3.05, 3.63) is 23.9 Å².